The summed E-state index contributed by atoms with van der Waals surface area (Å²) in [4.78, 5) is 18.1. The first kappa shape index (κ1) is 15.6. The lowest BCUT2D eigenvalue weighted by Crippen LogP contribution is -2.57. The molecule has 6 rings (SSSR count). The molecule has 2 saturated heterocycles. The van der Waals surface area contributed by atoms with Gasteiger partial charge in [-0.2, -0.15) is 0 Å². The minimum atomic E-state index is 0.382. The van der Waals surface area contributed by atoms with E-state index in [1.807, 2.05) is 0 Å². The number of rotatable bonds is 2. The molecule has 0 aromatic rings. The van der Waals surface area contributed by atoms with E-state index < -0.39 is 0 Å². The SMILES string of the molecule is O=C(C1C2CC3CC(C2)CC1C3)N1CCN(C2CCOCC2)CC1. The molecule has 4 aliphatic carbocycles. The first-order chi connectivity index (χ1) is 11.8. The number of carbonyl (C=O) groups is 1. The molecular formula is C20H32N2O2. The minimum Gasteiger partial charge on any atom is -0.381 e. The summed E-state index contributed by atoms with van der Waals surface area (Å²) in [6, 6.07) is 0.692. The van der Waals surface area contributed by atoms with E-state index in [4.69, 9.17) is 4.74 Å². The van der Waals surface area contributed by atoms with Gasteiger partial charge in [-0.05, 0) is 68.6 Å². The monoisotopic (exact) mass is 332 g/mol. The summed E-state index contributed by atoms with van der Waals surface area (Å²) in [5.41, 5.74) is 0. The largest absolute Gasteiger partial charge is 0.381 e. The van der Waals surface area contributed by atoms with E-state index in [1.54, 1.807) is 0 Å². The summed E-state index contributed by atoms with van der Waals surface area (Å²) in [5, 5.41) is 0. The summed E-state index contributed by atoms with van der Waals surface area (Å²) >= 11 is 0. The Hall–Kier alpha value is -0.610. The van der Waals surface area contributed by atoms with Crippen LogP contribution in [0.4, 0.5) is 0 Å². The van der Waals surface area contributed by atoms with Gasteiger partial charge in [0, 0.05) is 51.4 Å². The summed E-state index contributed by atoms with van der Waals surface area (Å²) in [6.07, 6.45) is 9.22. The van der Waals surface area contributed by atoms with E-state index >= 15 is 0 Å². The van der Waals surface area contributed by atoms with Gasteiger partial charge in [0.1, 0.15) is 0 Å². The second kappa shape index (κ2) is 6.28. The topological polar surface area (TPSA) is 32.8 Å². The molecular weight excluding hydrogens is 300 g/mol. The molecule has 0 unspecified atom stereocenters. The van der Waals surface area contributed by atoms with Crippen LogP contribution in [0.25, 0.3) is 0 Å². The first-order valence-electron chi connectivity index (χ1n) is 10.4. The van der Waals surface area contributed by atoms with Gasteiger partial charge < -0.3 is 9.64 Å². The lowest BCUT2D eigenvalue weighted by atomic mass is 9.51. The van der Waals surface area contributed by atoms with Crippen LogP contribution in [-0.2, 0) is 9.53 Å². The fraction of sp³-hybridized carbons (Fsp3) is 0.950. The molecule has 0 spiro atoms. The summed E-state index contributed by atoms with van der Waals surface area (Å²) in [6.45, 7) is 5.89. The zero-order valence-corrected chi connectivity index (χ0v) is 14.9. The van der Waals surface area contributed by atoms with Crippen molar-refractivity contribution in [2.75, 3.05) is 39.4 Å². The van der Waals surface area contributed by atoms with Gasteiger partial charge in [-0.25, -0.2) is 0 Å². The Balaban J connectivity index is 1.20. The van der Waals surface area contributed by atoms with Crippen molar-refractivity contribution < 1.29 is 9.53 Å². The maximum Gasteiger partial charge on any atom is 0.226 e. The van der Waals surface area contributed by atoms with Gasteiger partial charge in [-0.15, -0.1) is 0 Å². The van der Waals surface area contributed by atoms with Gasteiger partial charge in [-0.3, -0.25) is 9.69 Å². The predicted molar refractivity (Wildman–Crippen MR) is 92.5 cm³/mol. The molecule has 4 saturated carbocycles. The maximum atomic E-state index is 13.3. The van der Waals surface area contributed by atoms with Gasteiger partial charge in [0.15, 0.2) is 0 Å². The molecule has 0 aromatic heterocycles. The third kappa shape index (κ3) is 2.70. The Morgan fingerprint density at radius 1 is 0.792 bits per heavy atom. The van der Waals surface area contributed by atoms with E-state index in [0.717, 1.165) is 63.1 Å². The number of hydrogen-bond acceptors (Lipinski definition) is 3. The molecule has 2 aliphatic heterocycles. The molecule has 4 heteroatoms. The second-order valence-corrected chi connectivity index (χ2v) is 9.16. The van der Waals surface area contributed by atoms with Crippen molar-refractivity contribution in [3.63, 3.8) is 0 Å². The molecule has 0 aromatic carbocycles. The normalized spacial score (nSPS) is 43.3. The highest BCUT2D eigenvalue weighted by molar-refractivity contribution is 5.80. The van der Waals surface area contributed by atoms with Crippen LogP contribution in [0.2, 0.25) is 0 Å². The number of hydrogen-bond donors (Lipinski definition) is 0. The maximum absolute atomic E-state index is 13.3. The fourth-order valence-corrected chi connectivity index (χ4v) is 6.90. The van der Waals surface area contributed by atoms with Crippen molar-refractivity contribution in [1.29, 1.82) is 0 Å². The molecule has 0 radical (unpaired) electrons. The van der Waals surface area contributed by atoms with E-state index in [0.29, 0.717) is 17.9 Å². The van der Waals surface area contributed by atoms with Crippen molar-refractivity contribution >= 4 is 5.91 Å². The number of amides is 1. The third-order valence-electron chi connectivity index (χ3n) is 7.85. The number of carbonyl (C=O) groups excluding carboxylic acids is 1. The Kier molecular flexibility index (Phi) is 4.09. The van der Waals surface area contributed by atoms with Crippen LogP contribution in [0.1, 0.15) is 44.9 Å². The standard InChI is InChI=1S/C20H32N2O2/c23-20(19-16-10-14-9-15(12-16)13-17(19)11-14)22-5-3-21(4-6-22)18-1-7-24-8-2-18/h14-19H,1-13H2. The van der Waals surface area contributed by atoms with Crippen molar-refractivity contribution in [3.05, 3.63) is 0 Å². The van der Waals surface area contributed by atoms with Gasteiger partial charge >= 0.3 is 0 Å². The van der Waals surface area contributed by atoms with Gasteiger partial charge in [0.25, 0.3) is 0 Å². The van der Waals surface area contributed by atoms with Crippen LogP contribution in [-0.4, -0.2) is 61.1 Å². The van der Waals surface area contributed by atoms with Gasteiger partial charge in [0.05, 0.1) is 0 Å². The van der Waals surface area contributed by atoms with Crippen LogP contribution in [0.5, 0.6) is 0 Å². The van der Waals surface area contributed by atoms with Crippen LogP contribution in [0.15, 0.2) is 0 Å². The molecule has 4 bridgehead atoms. The molecule has 0 N–H and O–H groups in total. The highest BCUT2D eigenvalue weighted by atomic mass is 16.5. The number of ether oxygens (including phenoxy) is 1. The molecule has 2 heterocycles. The zero-order chi connectivity index (χ0) is 16.1. The molecule has 6 aliphatic rings. The Morgan fingerprint density at radius 3 is 1.96 bits per heavy atom. The highest BCUT2D eigenvalue weighted by Gasteiger charge is 2.51. The quantitative estimate of drug-likeness (QED) is 0.778. The average Bonchev–Trinajstić information content (AvgIpc) is 2.61. The van der Waals surface area contributed by atoms with E-state index in [9.17, 15) is 4.79 Å². The fourth-order valence-electron chi connectivity index (χ4n) is 6.90. The molecule has 6 fully saturated rings. The van der Waals surface area contributed by atoms with Gasteiger partial charge in [0.2, 0.25) is 5.91 Å². The van der Waals surface area contributed by atoms with Gasteiger partial charge in [-0.1, -0.05) is 0 Å². The van der Waals surface area contributed by atoms with Crippen molar-refractivity contribution in [2.24, 2.45) is 29.6 Å². The number of piperazine rings is 1. The van der Waals surface area contributed by atoms with E-state index in [-0.39, 0.29) is 0 Å². The zero-order valence-electron chi connectivity index (χ0n) is 14.9. The highest BCUT2D eigenvalue weighted by Crippen LogP contribution is 2.56. The molecule has 4 nitrogen and oxygen atoms in total. The summed E-state index contributed by atoms with van der Waals surface area (Å²) < 4.78 is 5.49. The number of nitrogens with zero attached hydrogens (tertiary/aromatic N) is 2. The van der Waals surface area contributed by atoms with Crippen LogP contribution in [0.3, 0.4) is 0 Å². The van der Waals surface area contributed by atoms with E-state index in [1.165, 1.54) is 44.9 Å². The lowest BCUT2D eigenvalue weighted by Gasteiger charge is -2.54. The Labute approximate surface area is 145 Å². The molecule has 0 atom stereocenters. The minimum absolute atomic E-state index is 0.382. The first-order valence-corrected chi connectivity index (χ1v) is 10.4. The molecule has 134 valence electrons. The molecule has 24 heavy (non-hydrogen) atoms. The van der Waals surface area contributed by atoms with Crippen molar-refractivity contribution in [2.45, 2.75) is 51.0 Å². The summed E-state index contributed by atoms with van der Waals surface area (Å²) in [5.74, 6) is 4.27. The third-order valence-corrected chi connectivity index (χ3v) is 7.85. The lowest BCUT2D eigenvalue weighted by molar-refractivity contribution is -0.151. The van der Waals surface area contributed by atoms with Crippen LogP contribution >= 0.6 is 0 Å². The van der Waals surface area contributed by atoms with Crippen molar-refractivity contribution in [3.8, 4) is 0 Å². The van der Waals surface area contributed by atoms with Crippen molar-refractivity contribution in [1.82, 2.24) is 9.80 Å². The van der Waals surface area contributed by atoms with Crippen LogP contribution < -0.4 is 0 Å². The van der Waals surface area contributed by atoms with E-state index in [2.05, 4.69) is 9.80 Å². The predicted octanol–water partition coefficient (Wildman–Crippen LogP) is 2.38. The second-order valence-electron chi connectivity index (χ2n) is 9.16. The average molecular weight is 332 g/mol. The molecule has 1 amide bonds. The summed E-state index contributed by atoms with van der Waals surface area (Å²) in [7, 11) is 0. The smallest absolute Gasteiger partial charge is 0.226 e. The Morgan fingerprint density at radius 2 is 1.38 bits per heavy atom. The van der Waals surface area contributed by atoms with Crippen LogP contribution in [0, 0.1) is 29.6 Å². The Bertz CT molecular complexity index is 452.